The van der Waals surface area contributed by atoms with Gasteiger partial charge in [0.2, 0.25) is 5.91 Å². The fourth-order valence-electron chi connectivity index (χ4n) is 3.70. The summed E-state index contributed by atoms with van der Waals surface area (Å²) in [6, 6.07) is -1.21. The molecule has 0 aromatic heterocycles. The Bertz CT molecular complexity index is 608. The predicted molar refractivity (Wildman–Crippen MR) is 114 cm³/mol. The molecule has 1 saturated heterocycles. The van der Waals surface area contributed by atoms with Crippen LogP contribution in [0.25, 0.3) is 0 Å². The first-order chi connectivity index (χ1) is 13.7. The molecular weight excluding hydrogens is 388 g/mol. The van der Waals surface area contributed by atoms with Crippen molar-refractivity contribution in [2.75, 3.05) is 13.2 Å². The van der Waals surface area contributed by atoms with E-state index in [0.29, 0.717) is 19.4 Å². The Balaban J connectivity index is 3.19. The maximum atomic E-state index is 13.1. The van der Waals surface area contributed by atoms with Gasteiger partial charge in [0.25, 0.3) is 0 Å². The van der Waals surface area contributed by atoms with Gasteiger partial charge in [0, 0.05) is 32.0 Å². The minimum atomic E-state index is -0.820. The SMILES string of the molecule is CCC(CNC(C)=O)C[C@@H]1[C@H](CO)C[C@H](C(=O)OC(C)(C)C)N1C(=O)OC(C)(C)C. The molecule has 0 spiro atoms. The molecule has 1 rings (SSSR count). The van der Waals surface area contributed by atoms with Crippen molar-refractivity contribution in [1.82, 2.24) is 10.2 Å². The van der Waals surface area contributed by atoms with Crippen LogP contribution in [-0.2, 0) is 19.1 Å². The van der Waals surface area contributed by atoms with E-state index in [0.717, 1.165) is 6.42 Å². The first-order valence-electron chi connectivity index (χ1n) is 10.8. The zero-order valence-electron chi connectivity index (χ0n) is 19.8. The summed E-state index contributed by atoms with van der Waals surface area (Å²) in [6.45, 7) is 14.4. The van der Waals surface area contributed by atoms with Gasteiger partial charge in [-0.3, -0.25) is 9.69 Å². The molecule has 0 saturated carbocycles. The summed E-state index contributed by atoms with van der Waals surface area (Å²) in [5, 5.41) is 12.8. The maximum absolute atomic E-state index is 13.1. The van der Waals surface area contributed by atoms with Gasteiger partial charge < -0.3 is 19.9 Å². The first kappa shape index (κ1) is 26.2. The number of rotatable bonds is 7. The van der Waals surface area contributed by atoms with E-state index >= 15 is 0 Å². The zero-order valence-corrected chi connectivity index (χ0v) is 19.8. The van der Waals surface area contributed by atoms with Crippen LogP contribution in [0.15, 0.2) is 0 Å². The summed E-state index contributed by atoms with van der Waals surface area (Å²) >= 11 is 0. The Hall–Kier alpha value is -1.83. The summed E-state index contributed by atoms with van der Waals surface area (Å²) in [4.78, 5) is 38.8. The molecule has 8 nitrogen and oxygen atoms in total. The third kappa shape index (κ3) is 8.13. The Morgan fingerprint density at radius 3 is 2.10 bits per heavy atom. The minimum absolute atomic E-state index is 0.0928. The van der Waals surface area contributed by atoms with Gasteiger partial charge in [0.1, 0.15) is 17.2 Å². The van der Waals surface area contributed by atoms with E-state index in [1.54, 1.807) is 41.5 Å². The number of ether oxygens (including phenoxy) is 2. The van der Waals surface area contributed by atoms with E-state index in [2.05, 4.69) is 5.32 Å². The third-order valence-corrected chi connectivity index (χ3v) is 5.07. The van der Waals surface area contributed by atoms with Crippen molar-refractivity contribution in [2.45, 2.75) is 97.9 Å². The molecule has 0 radical (unpaired) electrons. The lowest BCUT2D eigenvalue weighted by Crippen LogP contribution is -2.50. The minimum Gasteiger partial charge on any atom is -0.458 e. The quantitative estimate of drug-likeness (QED) is 0.604. The molecule has 30 heavy (non-hydrogen) atoms. The van der Waals surface area contributed by atoms with Crippen LogP contribution in [0, 0.1) is 11.8 Å². The Kier molecular flexibility index (Phi) is 9.14. The fourth-order valence-corrected chi connectivity index (χ4v) is 3.70. The van der Waals surface area contributed by atoms with Crippen LogP contribution in [0.4, 0.5) is 4.79 Å². The zero-order chi connectivity index (χ0) is 23.3. The average Bonchev–Trinajstić information content (AvgIpc) is 2.93. The normalized spacial score (nSPS) is 23.1. The lowest BCUT2D eigenvalue weighted by atomic mass is 9.89. The molecule has 0 aromatic carbocycles. The number of nitrogens with one attached hydrogen (secondary N) is 1. The van der Waals surface area contributed by atoms with E-state index in [4.69, 9.17) is 9.47 Å². The molecular formula is C22H40N2O6. The number of hydrogen-bond acceptors (Lipinski definition) is 6. The molecule has 1 heterocycles. The summed E-state index contributed by atoms with van der Waals surface area (Å²) in [5.74, 6) is -0.796. The highest BCUT2D eigenvalue weighted by Crippen LogP contribution is 2.36. The second-order valence-electron chi connectivity index (χ2n) is 10.1. The largest absolute Gasteiger partial charge is 0.458 e. The smallest absolute Gasteiger partial charge is 0.411 e. The van der Waals surface area contributed by atoms with E-state index in [9.17, 15) is 19.5 Å². The van der Waals surface area contributed by atoms with Gasteiger partial charge in [-0.05, 0) is 60.3 Å². The topological polar surface area (TPSA) is 105 Å². The molecule has 2 amide bonds. The van der Waals surface area contributed by atoms with Crippen LogP contribution in [0.5, 0.6) is 0 Å². The van der Waals surface area contributed by atoms with Gasteiger partial charge in [0.15, 0.2) is 0 Å². The van der Waals surface area contributed by atoms with Gasteiger partial charge in [0.05, 0.1) is 0 Å². The molecule has 1 fully saturated rings. The lowest BCUT2D eigenvalue weighted by molar-refractivity contribution is -0.160. The molecule has 8 heteroatoms. The number of esters is 1. The van der Waals surface area contributed by atoms with Crippen molar-refractivity contribution in [3.8, 4) is 0 Å². The van der Waals surface area contributed by atoms with Crippen molar-refractivity contribution in [1.29, 1.82) is 0 Å². The van der Waals surface area contributed by atoms with Crippen molar-refractivity contribution in [3.63, 3.8) is 0 Å². The molecule has 2 N–H and O–H groups in total. The van der Waals surface area contributed by atoms with Crippen molar-refractivity contribution >= 4 is 18.0 Å². The number of likely N-dealkylation sites (tertiary alicyclic amines) is 1. The number of nitrogens with zero attached hydrogens (tertiary/aromatic N) is 1. The highest BCUT2D eigenvalue weighted by atomic mass is 16.6. The monoisotopic (exact) mass is 428 g/mol. The van der Waals surface area contributed by atoms with E-state index in [1.165, 1.54) is 11.8 Å². The molecule has 174 valence electrons. The second kappa shape index (κ2) is 10.5. The second-order valence-corrected chi connectivity index (χ2v) is 10.1. The summed E-state index contributed by atoms with van der Waals surface area (Å²) < 4.78 is 11.2. The summed E-state index contributed by atoms with van der Waals surface area (Å²) in [7, 11) is 0. The molecule has 0 aliphatic carbocycles. The number of aliphatic hydroxyl groups excluding tert-OH is 1. The molecule has 1 aliphatic heterocycles. The number of amides is 2. The number of carbonyl (C=O) groups is 3. The van der Waals surface area contributed by atoms with Gasteiger partial charge in [-0.25, -0.2) is 9.59 Å². The average molecular weight is 429 g/mol. The molecule has 0 bridgehead atoms. The molecule has 1 unspecified atom stereocenters. The highest BCUT2D eigenvalue weighted by molar-refractivity contribution is 5.83. The first-order valence-corrected chi connectivity index (χ1v) is 10.8. The van der Waals surface area contributed by atoms with Crippen molar-refractivity contribution in [3.05, 3.63) is 0 Å². The molecule has 0 aromatic rings. The van der Waals surface area contributed by atoms with Crippen LogP contribution in [0.3, 0.4) is 0 Å². The highest BCUT2D eigenvalue weighted by Gasteiger charge is 2.49. The van der Waals surface area contributed by atoms with Crippen LogP contribution < -0.4 is 5.32 Å². The fraction of sp³-hybridized carbons (Fsp3) is 0.864. The number of hydrogen-bond donors (Lipinski definition) is 2. The number of carbonyl (C=O) groups excluding carboxylic acids is 3. The molecule has 1 aliphatic rings. The van der Waals surface area contributed by atoms with Gasteiger partial charge in [-0.15, -0.1) is 0 Å². The third-order valence-electron chi connectivity index (χ3n) is 5.07. The molecule has 4 atom stereocenters. The lowest BCUT2D eigenvalue weighted by Gasteiger charge is -2.35. The van der Waals surface area contributed by atoms with Crippen LogP contribution >= 0.6 is 0 Å². The Morgan fingerprint density at radius 2 is 1.67 bits per heavy atom. The maximum Gasteiger partial charge on any atom is 0.411 e. The van der Waals surface area contributed by atoms with E-state index < -0.39 is 29.3 Å². The van der Waals surface area contributed by atoms with Gasteiger partial charge in [-0.1, -0.05) is 13.3 Å². The van der Waals surface area contributed by atoms with Crippen LogP contribution in [0.1, 0.15) is 74.7 Å². The predicted octanol–water partition coefficient (Wildman–Crippen LogP) is 2.87. The van der Waals surface area contributed by atoms with Crippen LogP contribution in [0.2, 0.25) is 0 Å². The van der Waals surface area contributed by atoms with Crippen LogP contribution in [-0.4, -0.2) is 64.4 Å². The van der Waals surface area contributed by atoms with Crippen molar-refractivity contribution in [2.24, 2.45) is 11.8 Å². The Labute approximate surface area is 180 Å². The van der Waals surface area contributed by atoms with Crippen molar-refractivity contribution < 1.29 is 29.0 Å². The summed E-state index contributed by atoms with van der Waals surface area (Å²) in [6.07, 6.45) is 1.05. The van der Waals surface area contributed by atoms with Gasteiger partial charge in [-0.2, -0.15) is 0 Å². The number of aliphatic hydroxyl groups is 1. The summed E-state index contributed by atoms with van der Waals surface area (Å²) in [5.41, 5.74) is -1.42. The van der Waals surface area contributed by atoms with E-state index in [-0.39, 0.29) is 30.4 Å². The Morgan fingerprint density at radius 1 is 1.10 bits per heavy atom. The van der Waals surface area contributed by atoms with E-state index in [1.807, 2.05) is 6.92 Å². The standard InChI is InChI=1S/C22H40N2O6/c1-9-15(12-23-14(2)26)10-17-16(13-25)11-18(19(27)29-21(3,4)5)24(17)20(28)30-22(6,7)8/h15-18,25H,9-13H2,1-8H3,(H,23,26)/t15?,16-,17+,18+/m0/s1. The van der Waals surface area contributed by atoms with Gasteiger partial charge >= 0.3 is 12.1 Å².